The molecule has 1 aliphatic carbocycles. The molecule has 1 aliphatic heterocycles. The Morgan fingerprint density at radius 1 is 1.30 bits per heavy atom. The van der Waals surface area contributed by atoms with Crippen LogP contribution in [-0.4, -0.2) is 67.4 Å². The zero-order valence-electron chi connectivity index (χ0n) is 20.5. The van der Waals surface area contributed by atoms with Gasteiger partial charge in [-0.2, -0.15) is 0 Å². The molecule has 1 fully saturated rings. The lowest BCUT2D eigenvalue weighted by atomic mass is 9.81. The smallest absolute Gasteiger partial charge is 0.308 e. The van der Waals surface area contributed by atoms with Crippen molar-refractivity contribution in [3.63, 3.8) is 0 Å². The number of nitrogens with one attached hydrogen (secondary N) is 1. The number of fused-ring (bicyclic) bond motifs is 1. The lowest BCUT2D eigenvalue weighted by molar-refractivity contribution is -0.149. The van der Waals surface area contributed by atoms with Gasteiger partial charge in [0.15, 0.2) is 23.3 Å². The number of anilines is 1. The van der Waals surface area contributed by atoms with Crippen molar-refractivity contribution in [3.8, 4) is 11.8 Å². The summed E-state index contributed by atoms with van der Waals surface area (Å²) in [6.07, 6.45) is 2.52. The molecule has 3 heterocycles. The maximum absolute atomic E-state index is 12.1. The first kappa shape index (κ1) is 26.2. The third-order valence-corrected chi connectivity index (χ3v) is 6.42. The number of hydrogen-bond acceptors (Lipinski definition) is 11. The first-order valence-electron chi connectivity index (χ1n) is 12.3. The van der Waals surface area contributed by atoms with Gasteiger partial charge in [-0.05, 0) is 44.4 Å². The average molecular weight is 514 g/mol. The predicted octanol–water partition coefficient (Wildman–Crippen LogP) is 0.254. The Morgan fingerprint density at radius 3 is 2.76 bits per heavy atom. The number of nitrogens with two attached hydrogens (primary N) is 2. The minimum absolute atomic E-state index is 0.0859. The fourth-order valence-corrected chi connectivity index (χ4v) is 4.47. The molecule has 2 aliphatic rings. The lowest BCUT2D eigenvalue weighted by Crippen LogP contribution is -2.25. The number of carbonyl (C=O) groups is 2. The zero-order chi connectivity index (χ0) is 26.5. The second kappa shape index (κ2) is 11.4. The van der Waals surface area contributed by atoms with E-state index in [1.807, 2.05) is 0 Å². The molecule has 1 unspecified atom stereocenters. The normalized spacial score (nSPS) is 23.3. The number of imidazole rings is 1. The van der Waals surface area contributed by atoms with E-state index in [1.54, 1.807) is 6.92 Å². The summed E-state index contributed by atoms with van der Waals surface area (Å²) in [7, 11) is 0. The van der Waals surface area contributed by atoms with E-state index in [1.165, 1.54) is 10.9 Å². The molecule has 7 N–H and O–H groups in total. The van der Waals surface area contributed by atoms with E-state index in [0.717, 1.165) is 25.7 Å². The molecular weight excluding hydrogens is 482 g/mol. The van der Waals surface area contributed by atoms with Gasteiger partial charge in [-0.15, -0.1) is 0 Å². The second-order valence-corrected chi connectivity index (χ2v) is 8.96. The third-order valence-electron chi connectivity index (χ3n) is 6.42. The van der Waals surface area contributed by atoms with Gasteiger partial charge in [-0.25, -0.2) is 15.0 Å². The Bertz CT molecular complexity index is 1260. The number of ether oxygens (including phenoxy) is 2. The number of esters is 1. The Morgan fingerprint density at radius 2 is 2.05 bits per heavy atom. The molecule has 13 nitrogen and oxygen atoms in total. The van der Waals surface area contributed by atoms with Gasteiger partial charge in [0.25, 0.3) is 5.91 Å². The van der Waals surface area contributed by atoms with Gasteiger partial charge in [-0.3, -0.25) is 14.2 Å². The topological polar surface area (TPSA) is 201 Å². The quantitative estimate of drug-likeness (QED) is 0.251. The van der Waals surface area contributed by atoms with E-state index in [4.69, 9.17) is 20.9 Å². The van der Waals surface area contributed by atoms with Crippen molar-refractivity contribution in [1.82, 2.24) is 24.8 Å². The molecule has 2 atom stereocenters. The number of likely N-dealkylation sites (N-methyl/N-ethyl adjacent to an activating group) is 1. The molecule has 4 rings (SSSR count). The van der Waals surface area contributed by atoms with Crippen LogP contribution in [0.3, 0.4) is 0 Å². The van der Waals surface area contributed by atoms with Crippen LogP contribution in [0.2, 0.25) is 0 Å². The van der Waals surface area contributed by atoms with Crippen molar-refractivity contribution in [3.05, 3.63) is 23.7 Å². The monoisotopic (exact) mass is 513 g/mol. The summed E-state index contributed by atoms with van der Waals surface area (Å²) in [6, 6.07) is 0. The number of hydrogen-bond donors (Lipinski definition) is 5. The first-order valence-corrected chi connectivity index (χ1v) is 12.3. The predicted molar refractivity (Wildman–Crippen MR) is 131 cm³/mol. The number of aliphatic hydroxyl groups excluding tert-OH is 2. The van der Waals surface area contributed by atoms with Crippen LogP contribution in [0.15, 0.2) is 17.8 Å². The van der Waals surface area contributed by atoms with Crippen molar-refractivity contribution < 1.29 is 29.3 Å². The Balaban J connectivity index is 1.44. The van der Waals surface area contributed by atoms with Crippen LogP contribution in [0.5, 0.6) is 0 Å². The molecule has 0 aromatic carbocycles. The minimum Gasteiger partial charge on any atom is -0.506 e. The van der Waals surface area contributed by atoms with Gasteiger partial charge in [0.1, 0.15) is 18.5 Å². The molecule has 198 valence electrons. The molecule has 1 amide bonds. The SMILES string of the molecule is CCNC(=O)C1=C(O)C(O)[C@H](n2cnc3c(N)nc(C#CCC4CCC(C(=O)OCCN)CC4)nc32)O1. The molecule has 37 heavy (non-hydrogen) atoms. The highest BCUT2D eigenvalue weighted by molar-refractivity contribution is 5.92. The maximum atomic E-state index is 12.1. The van der Waals surface area contributed by atoms with Gasteiger partial charge in [0.05, 0.1) is 5.92 Å². The average Bonchev–Trinajstić information content (AvgIpc) is 3.44. The second-order valence-electron chi connectivity index (χ2n) is 8.96. The maximum Gasteiger partial charge on any atom is 0.308 e. The molecule has 0 saturated heterocycles. The Kier molecular flexibility index (Phi) is 8.10. The standard InChI is InChI=1S/C24H31N7O6/c1-2-27-22(34)19-17(32)18(33)23(37-19)31-12-28-16-20(26)29-15(30-21(16)31)5-3-4-13-6-8-14(9-7-13)24(35)36-11-10-25/h12-14,18,23,32-33H,2,4,6-11,25H2,1H3,(H,27,34)(H2,26,29,30)/t13?,14?,18?,23-/m1/s1. The molecule has 2 aromatic heterocycles. The molecule has 0 radical (unpaired) electrons. The van der Waals surface area contributed by atoms with E-state index in [2.05, 4.69) is 32.1 Å². The summed E-state index contributed by atoms with van der Waals surface area (Å²) in [5.74, 6) is 4.78. The van der Waals surface area contributed by atoms with Gasteiger partial charge in [-0.1, -0.05) is 5.92 Å². The number of aliphatic hydroxyl groups is 2. The van der Waals surface area contributed by atoms with E-state index >= 15 is 0 Å². The summed E-state index contributed by atoms with van der Waals surface area (Å²) in [4.78, 5) is 37.0. The number of nitrogens with zero attached hydrogens (tertiary/aromatic N) is 4. The fourth-order valence-electron chi connectivity index (χ4n) is 4.47. The number of nitrogen functional groups attached to an aromatic ring is 1. The van der Waals surface area contributed by atoms with Crippen molar-refractivity contribution in [1.29, 1.82) is 0 Å². The van der Waals surface area contributed by atoms with Crippen LogP contribution in [-0.2, 0) is 19.1 Å². The van der Waals surface area contributed by atoms with Gasteiger partial charge in [0, 0.05) is 19.5 Å². The molecule has 2 aromatic rings. The largest absolute Gasteiger partial charge is 0.506 e. The van der Waals surface area contributed by atoms with Gasteiger partial charge >= 0.3 is 5.97 Å². The highest BCUT2D eigenvalue weighted by Gasteiger charge is 2.41. The number of amides is 1. The van der Waals surface area contributed by atoms with Crippen LogP contribution in [0, 0.1) is 23.7 Å². The Hall–Kier alpha value is -3.89. The summed E-state index contributed by atoms with van der Waals surface area (Å²) >= 11 is 0. The Labute approximate surface area is 213 Å². The summed E-state index contributed by atoms with van der Waals surface area (Å²) < 4.78 is 12.1. The fraction of sp³-hybridized carbons (Fsp3) is 0.542. The van der Waals surface area contributed by atoms with Gasteiger partial charge in [0.2, 0.25) is 17.8 Å². The summed E-state index contributed by atoms with van der Waals surface area (Å²) in [5, 5.41) is 23.2. The third kappa shape index (κ3) is 5.60. The van der Waals surface area contributed by atoms with E-state index in [9.17, 15) is 19.8 Å². The van der Waals surface area contributed by atoms with E-state index in [-0.39, 0.29) is 47.1 Å². The van der Waals surface area contributed by atoms with Crippen molar-refractivity contribution in [2.24, 2.45) is 17.6 Å². The van der Waals surface area contributed by atoms with Gasteiger partial charge < -0.3 is 36.5 Å². The number of rotatable bonds is 7. The van der Waals surface area contributed by atoms with Crippen LogP contribution in [0.1, 0.15) is 51.1 Å². The number of carbonyl (C=O) groups excluding carboxylic acids is 2. The van der Waals surface area contributed by atoms with E-state index in [0.29, 0.717) is 25.4 Å². The van der Waals surface area contributed by atoms with Crippen LogP contribution in [0.25, 0.3) is 11.2 Å². The molecule has 13 heteroatoms. The van der Waals surface area contributed by atoms with E-state index < -0.39 is 24.0 Å². The molecule has 0 spiro atoms. The van der Waals surface area contributed by atoms with Crippen molar-refractivity contribution in [2.45, 2.75) is 51.4 Å². The first-order chi connectivity index (χ1) is 17.8. The van der Waals surface area contributed by atoms with Crippen LogP contribution < -0.4 is 16.8 Å². The zero-order valence-corrected chi connectivity index (χ0v) is 20.5. The van der Waals surface area contributed by atoms with Crippen LogP contribution in [0.4, 0.5) is 5.82 Å². The summed E-state index contributed by atoms with van der Waals surface area (Å²) in [5.41, 5.74) is 12.0. The lowest BCUT2D eigenvalue weighted by Gasteiger charge is -2.25. The number of aromatic nitrogens is 4. The molecule has 0 bridgehead atoms. The van der Waals surface area contributed by atoms with Crippen molar-refractivity contribution in [2.75, 3.05) is 25.4 Å². The highest BCUT2D eigenvalue weighted by Crippen LogP contribution is 2.34. The minimum atomic E-state index is -1.51. The van der Waals surface area contributed by atoms with Crippen LogP contribution >= 0.6 is 0 Å². The molecular formula is C24H31N7O6. The molecule has 1 saturated carbocycles. The highest BCUT2D eigenvalue weighted by atomic mass is 16.5. The van der Waals surface area contributed by atoms with Crippen molar-refractivity contribution >= 4 is 28.9 Å². The summed E-state index contributed by atoms with van der Waals surface area (Å²) in [6.45, 7) is 2.61.